The zero-order chi connectivity index (χ0) is 18.1. The van der Waals surface area contributed by atoms with Gasteiger partial charge in [0, 0.05) is 28.6 Å². The van der Waals surface area contributed by atoms with Crippen LogP contribution in [0.5, 0.6) is 11.5 Å². The van der Waals surface area contributed by atoms with Crippen molar-refractivity contribution in [3.8, 4) is 11.5 Å². The van der Waals surface area contributed by atoms with Gasteiger partial charge in [-0.1, -0.05) is 17.7 Å². The average molecular weight is 380 g/mol. The molecule has 0 aromatic heterocycles. The Bertz CT molecular complexity index is 692. The van der Waals surface area contributed by atoms with Gasteiger partial charge < -0.3 is 14.8 Å². The van der Waals surface area contributed by atoms with Crippen molar-refractivity contribution in [2.75, 3.05) is 19.5 Å². The lowest BCUT2D eigenvalue weighted by molar-refractivity contribution is -0.120. The van der Waals surface area contributed by atoms with E-state index in [4.69, 9.17) is 21.1 Å². The molecule has 0 aliphatic carbocycles. The van der Waals surface area contributed by atoms with E-state index in [2.05, 4.69) is 5.32 Å². The summed E-state index contributed by atoms with van der Waals surface area (Å²) in [6, 6.07) is 13.3. The highest BCUT2D eigenvalue weighted by atomic mass is 35.5. The predicted molar refractivity (Wildman–Crippen MR) is 103 cm³/mol. The number of benzene rings is 2. The Morgan fingerprint density at radius 2 is 1.92 bits per heavy atom. The monoisotopic (exact) mass is 379 g/mol. The quantitative estimate of drug-likeness (QED) is 0.649. The Kier molecular flexibility index (Phi) is 7.95. The predicted octanol–water partition coefficient (Wildman–Crippen LogP) is 4.55. The van der Waals surface area contributed by atoms with Gasteiger partial charge in [0.2, 0.25) is 5.91 Å². The maximum atomic E-state index is 12.0. The second-order valence-electron chi connectivity index (χ2n) is 5.25. The van der Waals surface area contributed by atoms with Crippen LogP contribution in [0.1, 0.15) is 18.9 Å². The lowest BCUT2D eigenvalue weighted by atomic mass is 10.2. The minimum Gasteiger partial charge on any atom is -0.493 e. The lowest BCUT2D eigenvalue weighted by Gasteiger charge is -2.11. The molecule has 25 heavy (non-hydrogen) atoms. The third kappa shape index (κ3) is 6.52. The number of nitrogens with one attached hydrogen (secondary N) is 1. The summed E-state index contributed by atoms with van der Waals surface area (Å²) >= 11 is 7.49. The number of halogens is 1. The van der Waals surface area contributed by atoms with Crippen LogP contribution in [0, 0.1) is 0 Å². The van der Waals surface area contributed by atoms with Gasteiger partial charge in [-0.05, 0) is 48.9 Å². The van der Waals surface area contributed by atoms with E-state index in [1.165, 1.54) is 0 Å². The molecule has 2 aromatic carbocycles. The number of hydrogen-bond acceptors (Lipinski definition) is 4. The summed E-state index contributed by atoms with van der Waals surface area (Å²) in [4.78, 5) is 13.1. The molecule has 1 amide bonds. The first kappa shape index (κ1) is 19.5. The highest BCUT2D eigenvalue weighted by Gasteiger charge is 2.07. The smallest absolute Gasteiger partial charge is 0.221 e. The number of carbonyl (C=O) groups excluding carboxylic acids is 1. The molecule has 0 saturated heterocycles. The third-order valence-corrected chi connectivity index (χ3v) is 4.69. The Hall–Kier alpha value is -1.85. The Balaban J connectivity index is 1.76. The molecule has 0 spiro atoms. The zero-order valence-electron chi connectivity index (χ0n) is 14.4. The molecule has 1 N–H and O–H groups in total. The summed E-state index contributed by atoms with van der Waals surface area (Å²) in [5.41, 5.74) is 0.971. The summed E-state index contributed by atoms with van der Waals surface area (Å²) in [6.07, 6.45) is 0.460. The van der Waals surface area contributed by atoms with Gasteiger partial charge in [-0.3, -0.25) is 4.79 Å². The van der Waals surface area contributed by atoms with Crippen molar-refractivity contribution >= 4 is 29.3 Å². The fraction of sp³-hybridized carbons (Fsp3) is 0.316. The zero-order valence-corrected chi connectivity index (χ0v) is 16.0. The normalized spacial score (nSPS) is 10.4. The number of amides is 1. The molecule has 0 radical (unpaired) electrons. The van der Waals surface area contributed by atoms with Crippen LogP contribution in [0.3, 0.4) is 0 Å². The van der Waals surface area contributed by atoms with E-state index in [-0.39, 0.29) is 5.91 Å². The molecular weight excluding hydrogens is 358 g/mol. The van der Waals surface area contributed by atoms with Crippen molar-refractivity contribution in [3.05, 3.63) is 53.1 Å². The molecule has 0 aliphatic rings. The highest BCUT2D eigenvalue weighted by Crippen LogP contribution is 2.28. The maximum Gasteiger partial charge on any atom is 0.221 e. The maximum absolute atomic E-state index is 12.0. The first-order valence-corrected chi connectivity index (χ1v) is 9.43. The van der Waals surface area contributed by atoms with Gasteiger partial charge in [-0.15, -0.1) is 11.8 Å². The van der Waals surface area contributed by atoms with Crippen LogP contribution in [0.25, 0.3) is 0 Å². The first-order chi connectivity index (χ1) is 12.1. The largest absolute Gasteiger partial charge is 0.493 e. The molecule has 0 unspecified atom stereocenters. The van der Waals surface area contributed by atoms with Crippen molar-refractivity contribution in [2.24, 2.45) is 0 Å². The molecule has 4 nitrogen and oxygen atoms in total. The van der Waals surface area contributed by atoms with Gasteiger partial charge in [0.1, 0.15) is 0 Å². The van der Waals surface area contributed by atoms with E-state index >= 15 is 0 Å². The van der Waals surface area contributed by atoms with E-state index in [0.29, 0.717) is 36.1 Å². The Morgan fingerprint density at radius 3 is 2.60 bits per heavy atom. The summed E-state index contributed by atoms with van der Waals surface area (Å²) in [5.74, 6) is 2.13. The molecule has 0 atom stereocenters. The summed E-state index contributed by atoms with van der Waals surface area (Å²) in [5, 5.41) is 3.64. The van der Waals surface area contributed by atoms with Gasteiger partial charge in [0.15, 0.2) is 11.5 Å². The molecule has 2 aromatic rings. The highest BCUT2D eigenvalue weighted by molar-refractivity contribution is 7.99. The minimum absolute atomic E-state index is 0.0225. The van der Waals surface area contributed by atoms with E-state index in [1.807, 2.05) is 49.4 Å². The Labute approximate surface area is 157 Å². The van der Waals surface area contributed by atoms with Crippen LogP contribution < -0.4 is 14.8 Å². The van der Waals surface area contributed by atoms with Crippen molar-refractivity contribution in [1.29, 1.82) is 0 Å². The van der Waals surface area contributed by atoms with Crippen LogP contribution in [0.4, 0.5) is 0 Å². The molecule has 2 rings (SSSR count). The van der Waals surface area contributed by atoms with Crippen LogP contribution >= 0.6 is 23.4 Å². The lowest BCUT2D eigenvalue weighted by Crippen LogP contribution is -2.23. The molecule has 0 heterocycles. The van der Waals surface area contributed by atoms with Gasteiger partial charge in [-0.25, -0.2) is 0 Å². The van der Waals surface area contributed by atoms with Crippen molar-refractivity contribution in [2.45, 2.75) is 24.8 Å². The number of rotatable bonds is 9. The fourth-order valence-corrected chi connectivity index (χ4v) is 3.16. The van der Waals surface area contributed by atoms with E-state index < -0.39 is 0 Å². The molecule has 0 bridgehead atoms. The van der Waals surface area contributed by atoms with Crippen LogP contribution in [0.2, 0.25) is 5.02 Å². The van der Waals surface area contributed by atoms with Gasteiger partial charge in [0.05, 0.1) is 13.7 Å². The topological polar surface area (TPSA) is 47.6 Å². The number of carbonyl (C=O) groups is 1. The average Bonchev–Trinajstić information content (AvgIpc) is 2.62. The Morgan fingerprint density at radius 1 is 1.16 bits per heavy atom. The van der Waals surface area contributed by atoms with E-state index in [0.717, 1.165) is 16.2 Å². The molecule has 0 saturated carbocycles. The van der Waals surface area contributed by atoms with E-state index in [9.17, 15) is 4.79 Å². The number of hydrogen-bond donors (Lipinski definition) is 1. The molecule has 0 aliphatic heterocycles. The summed E-state index contributed by atoms with van der Waals surface area (Å²) < 4.78 is 10.8. The fourth-order valence-electron chi connectivity index (χ4n) is 2.18. The van der Waals surface area contributed by atoms with Crippen LogP contribution in [-0.4, -0.2) is 25.4 Å². The molecule has 134 valence electrons. The van der Waals surface area contributed by atoms with Gasteiger partial charge in [0.25, 0.3) is 0 Å². The second-order valence-corrected chi connectivity index (χ2v) is 6.85. The van der Waals surface area contributed by atoms with Gasteiger partial charge >= 0.3 is 0 Å². The van der Waals surface area contributed by atoms with Crippen LogP contribution in [0.15, 0.2) is 47.4 Å². The number of thioether (sulfide) groups is 1. The molecule has 0 fully saturated rings. The molecular formula is C19H22ClNO3S. The van der Waals surface area contributed by atoms with Gasteiger partial charge in [-0.2, -0.15) is 0 Å². The summed E-state index contributed by atoms with van der Waals surface area (Å²) in [7, 11) is 1.61. The van der Waals surface area contributed by atoms with Crippen molar-refractivity contribution in [3.63, 3.8) is 0 Å². The summed E-state index contributed by atoms with van der Waals surface area (Å²) in [6.45, 7) is 2.97. The van der Waals surface area contributed by atoms with Crippen molar-refractivity contribution < 1.29 is 14.3 Å². The van der Waals surface area contributed by atoms with E-state index in [1.54, 1.807) is 18.9 Å². The van der Waals surface area contributed by atoms with Crippen molar-refractivity contribution in [1.82, 2.24) is 5.32 Å². The number of methoxy groups -OCH3 is 1. The third-order valence-electron chi connectivity index (χ3n) is 3.43. The van der Waals surface area contributed by atoms with Crippen LogP contribution in [-0.2, 0) is 11.3 Å². The SMILES string of the molecule is CCOc1ccc(CNC(=O)CCSc2ccc(Cl)cc2)cc1OC. The second kappa shape index (κ2) is 10.2. The first-order valence-electron chi connectivity index (χ1n) is 8.07. The minimum atomic E-state index is 0.0225. The standard InChI is InChI=1S/C19H22ClNO3S/c1-3-24-17-9-4-14(12-18(17)23-2)13-21-19(22)10-11-25-16-7-5-15(20)6-8-16/h4-9,12H,3,10-11,13H2,1-2H3,(H,21,22). The molecule has 6 heteroatoms. The number of ether oxygens (including phenoxy) is 2.